The van der Waals surface area contributed by atoms with Crippen molar-refractivity contribution in [1.29, 1.82) is 0 Å². The van der Waals surface area contributed by atoms with Gasteiger partial charge in [-0.1, -0.05) is 55.5 Å². The number of urea groups is 1. The standard InChI is InChI=1S/C33H42N4O3/c1-3-27-13-8-9-14-30(27)36-33(39)35-28-15-16-31(29(24-28)32(38)34-19-10-22-40-4-2)37-20-17-26(18-21-37)23-25-11-6-5-7-12-25/h5-9,11-16,24,26H,3-4,10,17-23H2,1-2H3,(H,34,38)(H2,35,36,39). The summed E-state index contributed by atoms with van der Waals surface area (Å²) >= 11 is 0. The molecule has 4 rings (SSSR count). The summed E-state index contributed by atoms with van der Waals surface area (Å²) in [5.74, 6) is 0.489. The fourth-order valence-corrected chi connectivity index (χ4v) is 5.25. The lowest BCUT2D eigenvalue weighted by molar-refractivity contribution is 0.0944. The molecule has 1 fully saturated rings. The Bertz CT molecular complexity index is 1240. The molecule has 7 nitrogen and oxygen atoms in total. The van der Waals surface area contributed by atoms with E-state index in [9.17, 15) is 9.59 Å². The normalized spacial score (nSPS) is 13.6. The van der Waals surface area contributed by atoms with Gasteiger partial charge in [-0.05, 0) is 80.3 Å². The largest absolute Gasteiger partial charge is 0.382 e. The van der Waals surface area contributed by atoms with Crippen LogP contribution >= 0.6 is 0 Å². The van der Waals surface area contributed by atoms with Gasteiger partial charge in [0.25, 0.3) is 5.91 Å². The van der Waals surface area contributed by atoms with Gasteiger partial charge < -0.3 is 25.6 Å². The summed E-state index contributed by atoms with van der Waals surface area (Å²) < 4.78 is 5.41. The fourth-order valence-electron chi connectivity index (χ4n) is 5.25. The van der Waals surface area contributed by atoms with Crippen LogP contribution in [0, 0.1) is 5.92 Å². The van der Waals surface area contributed by atoms with E-state index >= 15 is 0 Å². The van der Waals surface area contributed by atoms with E-state index in [1.54, 1.807) is 6.07 Å². The van der Waals surface area contributed by atoms with Crippen molar-refractivity contribution in [3.8, 4) is 0 Å². The molecule has 1 saturated heterocycles. The van der Waals surface area contributed by atoms with E-state index in [0.29, 0.717) is 36.9 Å². The monoisotopic (exact) mass is 542 g/mol. The van der Waals surface area contributed by atoms with Crippen LogP contribution in [0.3, 0.4) is 0 Å². The molecule has 1 aliphatic rings. The zero-order valence-electron chi connectivity index (χ0n) is 23.7. The van der Waals surface area contributed by atoms with Crippen LogP contribution in [0.15, 0.2) is 72.8 Å². The third kappa shape index (κ3) is 8.33. The van der Waals surface area contributed by atoms with Crippen molar-refractivity contribution in [1.82, 2.24) is 5.32 Å². The number of amides is 3. The maximum atomic E-state index is 13.4. The number of piperidine rings is 1. The van der Waals surface area contributed by atoms with E-state index in [0.717, 1.165) is 62.1 Å². The number of anilines is 3. The highest BCUT2D eigenvalue weighted by atomic mass is 16.5. The van der Waals surface area contributed by atoms with Crippen LogP contribution in [0.4, 0.5) is 21.9 Å². The first-order chi connectivity index (χ1) is 19.6. The molecular weight excluding hydrogens is 500 g/mol. The van der Waals surface area contributed by atoms with Crippen molar-refractivity contribution < 1.29 is 14.3 Å². The van der Waals surface area contributed by atoms with Gasteiger partial charge in [0.05, 0.1) is 5.56 Å². The first kappa shape index (κ1) is 29.2. The number of rotatable bonds is 12. The highest BCUT2D eigenvalue weighted by molar-refractivity contribution is 6.04. The van der Waals surface area contributed by atoms with Crippen LogP contribution in [-0.4, -0.2) is 44.8 Å². The van der Waals surface area contributed by atoms with Crippen LogP contribution in [-0.2, 0) is 17.6 Å². The molecule has 1 heterocycles. The predicted molar refractivity (Wildman–Crippen MR) is 163 cm³/mol. The van der Waals surface area contributed by atoms with Gasteiger partial charge in [-0.15, -0.1) is 0 Å². The molecule has 3 aromatic rings. The number of para-hydroxylation sites is 1. The Labute approximate surface area is 238 Å². The lowest BCUT2D eigenvalue weighted by atomic mass is 9.89. The van der Waals surface area contributed by atoms with Crippen molar-refractivity contribution in [2.45, 2.75) is 46.0 Å². The second-order valence-corrected chi connectivity index (χ2v) is 10.2. The number of aryl methyl sites for hydroxylation is 1. The number of hydrogen-bond donors (Lipinski definition) is 3. The van der Waals surface area contributed by atoms with Gasteiger partial charge in [0, 0.05) is 49.9 Å². The van der Waals surface area contributed by atoms with Crippen molar-refractivity contribution in [3.63, 3.8) is 0 Å². The molecule has 7 heteroatoms. The van der Waals surface area contributed by atoms with Gasteiger partial charge in [0.1, 0.15) is 0 Å². The lowest BCUT2D eigenvalue weighted by Gasteiger charge is -2.35. The fraction of sp³-hybridized carbons (Fsp3) is 0.394. The number of hydrogen-bond acceptors (Lipinski definition) is 4. The first-order valence-electron chi connectivity index (χ1n) is 14.5. The molecule has 0 bridgehead atoms. The molecule has 0 radical (unpaired) electrons. The number of nitrogens with one attached hydrogen (secondary N) is 3. The molecule has 0 spiro atoms. The van der Waals surface area contributed by atoms with Gasteiger partial charge in [0.15, 0.2) is 0 Å². The summed E-state index contributed by atoms with van der Waals surface area (Å²) in [6.07, 6.45) is 4.80. The molecule has 0 atom stereocenters. The maximum absolute atomic E-state index is 13.4. The lowest BCUT2D eigenvalue weighted by Crippen LogP contribution is -2.36. The second-order valence-electron chi connectivity index (χ2n) is 10.2. The third-order valence-corrected chi connectivity index (χ3v) is 7.42. The highest BCUT2D eigenvalue weighted by Crippen LogP contribution is 2.30. The summed E-state index contributed by atoms with van der Waals surface area (Å²) in [7, 11) is 0. The zero-order chi connectivity index (χ0) is 28.2. The van der Waals surface area contributed by atoms with Gasteiger partial charge >= 0.3 is 6.03 Å². The minimum absolute atomic E-state index is 0.140. The van der Waals surface area contributed by atoms with Crippen molar-refractivity contribution in [2.75, 3.05) is 48.4 Å². The van der Waals surface area contributed by atoms with Crippen LogP contribution < -0.4 is 20.9 Å². The number of carbonyl (C=O) groups is 2. The molecule has 0 aromatic heterocycles. The molecule has 0 aliphatic carbocycles. The van der Waals surface area contributed by atoms with E-state index in [2.05, 4.69) is 58.1 Å². The zero-order valence-corrected chi connectivity index (χ0v) is 23.7. The van der Waals surface area contributed by atoms with Crippen molar-refractivity contribution in [2.24, 2.45) is 5.92 Å². The molecule has 3 aromatic carbocycles. The van der Waals surface area contributed by atoms with Crippen LogP contribution in [0.1, 0.15) is 54.6 Å². The maximum Gasteiger partial charge on any atom is 0.323 e. The summed E-state index contributed by atoms with van der Waals surface area (Å²) in [6.45, 7) is 7.61. The molecule has 1 aliphatic heterocycles. The Morgan fingerprint density at radius 1 is 0.925 bits per heavy atom. The summed E-state index contributed by atoms with van der Waals surface area (Å²) in [5.41, 5.74) is 5.28. The van der Waals surface area contributed by atoms with E-state index in [4.69, 9.17) is 4.74 Å². The van der Waals surface area contributed by atoms with Crippen LogP contribution in [0.2, 0.25) is 0 Å². The van der Waals surface area contributed by atoms with E-state index in [-0.39, 0.29) is 11.9 Å². The summed E-state index contributed by atoms with van der Waals surface area (Å²) in [6, 6.07) is 23.7. The molecule has 212 valence electrons. The Balaban J connectivity index is 1.45. The van der Waals surface area contributed by atoms with Crippen LogP contribution in [0.5, 0.6) is 0 Å². The van der Waals surface area contributed by atoms with E-state index < -0.39 is 0 Å². The molecule has 0 saturated carbocycles. The summed E-state index contributed by atoms with van der Waals surface area (Å²) in [4.78, 5) is 28.5. The topological polar surface area (TPSA) is 82.7 Å². The Morgan fingerprint density at radius 2 is 1.68 bits per heavy atom. The second kappa shape index (κ2) is 15.1. The number of nitrogens with zero attached hydrogens (tertiary/aromatic N) is 1. The molecule has 3 N–H and O–H groups in total. The molecular formula is C33H42N4O3. The molecule has 40 heavy (non-hydrogen) atoms. The third-order valence-electron chi connectivity index (χ3n) is 7.42. The summed E-state index contributed by atoms with van der Waals surface area (Å²) in [5, 5.41) is 8.90. The van der Waals surface area contributed by atoms with E-state index in [1.807, 2.05) is 43.3 Å². The smallest absolute Gasteiger partial charge is 0.323 e. The quantitative estimate of drug-likeness (QED) is 0.228. The SMILES string of the molecule is CCOCCCNC(=O)c1cc(NC(=O)Nc2ccccc2CC)ccc1N1CCC(Cc2ccccc2)CC1. The number of benzene rings is 3. The average molecular weight is 543 g/mol. The first-order valence-corrected chi connectivity index (χ1v) is 14.5. The Hall–Kier alpha value is -3.84. The minimum atomic E-state index is -0.335. The molecule has 3 amide bonds. The minimum Gasteiger partial charge on any atom is -0.382 e. The average Bonchev–Trinajstić information content (AvgIpc) is 2.98. The highest BCUT2D eigenvalue weighted by Gasteiger charge is 2.24. The Kier molecular flexibility index (Phi) is 11.0. The van der Waals surface area contributed by atoms with Crippen molar-refractivity contribution >= 4 is 29.0 Å². The number of ether oxygens (including phenoxy) is 1. The Morgan fingerprint density at radius 3 is 2.42 bits per heavy atom. The predicted octanol–water partition coefficient (Wildman–Crippen LogP) is 6.51. The van der Waals surface area contributed by atoms with Gasteiger partial charge in [-0.3, -0.25) is 4.79 Å². The van der Waals surface area contributed by atoms with E-state index in [1.165, 1.54) is 5.56 Å². The molecule has 0 unspecified atom stereocenters. The van der Waals surface area contributed by atoms with Gasteiger partial charge in [-0.25, -0.2) is 4.79 Å². The van der Waals surface area contributed by atoms with Crippen molar-refractivity contribution in [3.05, 3.63) is 89.5 Å². The van der Waals surface area contributed by atoms with Gasteiger partial charge in [-0.2, -0.15) is 0 Å². The van der Waals surface area contributed by atoms with Crippen LogP contribution in [0.25, 0.3) is 0 Å². The number of carbonyl (C=O) groups excluding carboxylic acids is 2. The van der Waals surface area contributed by atoms with Gasteiger partial charge in [0.2, 0.25) is 0 Å².